The zero-order valence-corrected chi connectivity index (χ0v) is 12.9. The lowest BCUT2D eigenvalue weighted by Crippen LogP contribution is -2.13. The lowest BCUT2D eigenvalue weighted by atomic mass is 10.1. The molecule has 0 aliphatic rings. The van der Waals surface area contributed by atoms with E-state index in [2.05, 4.69) is 20.5 Å². The molecule has 0 saturated heterocycles. The van der Waals surface area contributed by atoms with Crippen molar-refractivity contribution in [2.75, 3.05) is 5.32 Å². The van der Waals surface area contributed by atoms with Gasteiger partial charge < -0.3 is 5.32 Å². The average molecular weight is 306 g/mol. The van der Waals surface area contributed by atoms with Crippen LogP contribution in [0.1, 0.15) is 34.1 Å². The molecule has 0 fully saturated rings. The molecule has 0 atom stereocenters. The van der Waals surface area contributed by atoms with Gasteiger partial charge in [0.1, 0.15) is 0 Å². The van der Waals surface area contributed by atoms with Crippen LogP contribution < -0.4 is 5.32 Å². The Labute approximate surface area is 134 Å². The molecule has 0 aliphatic heterocycles. The van der Waals surface area contributed by atoms with E-state index in [1.54, 1.807) is 18.6 Å². The van der Waals surface area contributed by atoms with Crippen LogP contribution in [0.4, 0.5) is 5.69 Å². The van der Waals surface area contributed by atoms with Crippen LogP contribution in [0.15, 0.2) is 55.0 Å². The van der Waals surface area contributed by atoms with E-state index in [1.807, 2.05) is 43.3 Å². The van der Waals surface area contributed by atoms with Gasteiger partial charge in [0.2, 0.25) is 0 Å². The van der Waals surface area contributed by atoms with Gasteiger partial charge in [-0.05, 0) is 48.2 Å². The Kier molecular flexibility index (Phi) is 4.47. The lowest BCUT2D eigenvalue weighted by Gasteiger charge is -2.07. The second-order valence-electron chi connectivity index (χ2n) is 5.30. The number of anilines is 1. The van der Waals surface area contributed by atoms with Gasteiger partial charge in [-0.3, -0.25) is 14.9 Å². The third-order valence-corrected chi connectivity index (χ3v) is 3.69. The number of nitrogens with zero attached hydrogens (tertiary/aromatic N) is 2. The van der Waals surface area contributed by atoms with E-state index in [-0.39, 0.29) is 5.91 Å². The predicted molar refractivity (Wildman–Crippen MR) is 89.4 cm³/mol. The van der Waals surface area contributed by atoms with Gasteiger partial charge in [-0.1, -0.05) is 19.1 Å². The number of aryl methyl sites for hydroxylation is 1. The molecule has 1 aromatic carbocycles. The monoisotopic (exact) mass is 306 g/mol. The molecule has 2 heterocycles. The standard InChI is InChI=1S/C18H18N4O/c1-2-17-16(12-20-22-17)18(23)21-15-5-3-13(4-6-15)11-14-7-9-19-10-8-14/h3-10,12H,2,11H2,1H3,(H,20,22)(H,21,23). The van der Waals surface area contributed by atoms with E-state index in [4.69, 9.17) is 0 Å². The van der Waals surface area contributed by atoms with Crippen molar-refractivity contribution in [1.82, 2.24) is 15.2 Å². The van der Waals surface area contributed by atoms with Crippen LogP contribution in [0.25, 0.3) is 0 Å². The van der Waals surface area contributed by atoms with Gasteiger partial charge in [-0.15, -0.1) is 0 Å². The van der Waals surface area contributed by atoms with Crippen LogP contribution in [0.5, 0.6) is 0 Å². The smallest absolute Gasteiger partial charge is 0.259 e. The number of nitrogens with one attached hydrogen (secondary N) is 2. The molecule has 0 radical (unpaired) electrons. The van der Waals surface area contributed by atoms with Crippen LogP contribution in [0.3, 0.4) is 0 Å². The zero-order valence-electron chi connectivity index (χ0n) is 12.9. The molecular formula is C18H18N4O. The number of H-pyrrole nitrogens is 1. The average Bonchev–Trinajstić information content (AvgIpc) is 3.06. The SMILES string of the molecule is CCc1[nH]ncc1C(=O)Nc1ccc(Cc2ccncc2)cc1. The second-order valence-corrected chi connectivity index (χ2v) is 5.30. The molecule has 1 amide bonds. The molecule has 2 aromatic heterocycles. The minimum atomic E-state index is -0.141. The van der Waals surface area contributed by atoms with Crippen LogP contribution in [0.2, 0.25) is 0 Å². The van der Waals surface area contributed by atoms with Crippen molar-refractivity contribution in [3.05, 3.63) is 77.4 Å². The van der Waals surface area contributed by atoms with E-state index in [9.17, 15) is 4.79 Å². The Hall–Kier alpha value is -2.95. The van der Waals surface area contributed by atoms with E-state index >= 15 is 0 Å². The minimum Gasteiger partial charge on any atom is -0.322 e. The first-order chi connectivity index (χ1) is 11.3. The highest BCUT2D eigenvalue weighted by atomic mass is 16.1. The molecule has 0 aliphatic carbocycles. The fraction of sp³-hybridized carbons (Fsp3) is 0.167. The number of carbonyl (C=O) groups is 1. The highest BCUT2D eigenvalue weighted by molar-refractivity contribution is 6.04. The van der Waals surface area contributed by atoms with Crippen molar-refractivity contribution in [1.29, 1.82) is 0 Å². The normalized spacial score (nSPS) is 10.5. The largest absolute Gasteiger partial charge is 0.322 e. The molecule has 3 aromatic rings. The van der Waals surface area contributed by atoms with Gasteiger partial charge in [0, 0.05) is 23.8 Å². The Morgan fingerprint density at radius 1 is 1.09 bits per heavy atom. The third-order valence-electron chi connectivity index (χ3n) is 3.69. The number of aromatic nitrogens is 3. The fourth-order valence-electron chi connectivity index (χ4n) is 2.42. The maximum atomic E-state index is 12.3. The van der Waals surface area contributed by atoms with E-state index in [0.29, 0.717) is 5.56 Å². The summed E-state index contributed by atoms with van der Waals surface area (Å²) in [6, 6.07) is 11.9. The van der Waals surface area contributed by atoms with E-state index in [1.165, 1.54) is 11.1 Å². The van der Waals surface area contributed by atoms with Crippen molar-refractivity contribution in [3.8, 4) is 0 Å². The summed E-state index contributed by atoms with van der Waals surface area (Å²) in [6.07, 6.45) is 6.73. The molecule has 3 rings (SSSR count). The summed E-state index contributed by atoms with van der Waals surface area (Å²) in [6.45, 7) is 1.98. The van der Waals surface area contributed by atoms with Crippen molar-refractivity contribution >= 4 is 11.6 Å². The molecule has 2 N–H and O–H groups in total. The maximum absolute atomic E-state index is 12.3. The number of aromatic amines is 1. The summed E-state index contributed by atoms with van der Waals surface area (Å²) in [7, 11) is 0. The Morgan fingerprint density at radius 3 is 2.48 bits per heavy atom. The molecule has 116 valence electrons. The molecule has 0 saturated carbocycles. The molecule has 5 heteroatoms. The predicted octanol–water partition coefficient (Wildman–Crippen LogP) is 3.21. The van der Waals surface area contributed by atoms with Gasteiger partial charge in [-0.25, -0.2) is 0 Å². The Bertz CT molecular complexity index is 778. The number of amides is 1. The van der Waals surface area contributed by atoms with Gasteiger partial charge in [0.05, 0.1) is 11.8 Å². The van der Waals surface area contributed by atoms with Crippen LogP contribution in [0, 0.1) is 0 Å². The summed E-state index contributed by atoms with van der Waals surface area (Å²) >= 11 is 0. The van der Waals surface area contributed by atoms with E-state index in [0.717, 1.165) is 24.2 Å². The first kappa shape index (κ1) is 15.0. The maximum Gasteiger partial charge on any atom is 0.259 e. The van der Waals surface area contributed by atoms with Gasteiger partial charge in [0.25, 0.3) is 5.91 Å². The fourth-order valence-corrected chi connectivity index (χ4v) is 2.42. The first-order valence-electron chi connectivity index (χ1n) is 7.57. The molecule has 0 unspecified atom stereocenters. The number of benzene rings is 1. The summed E-state index contributed by atoms with van der Waals surface area (Å²) in [5, 5.41) is 9.67. The van der Waals surface area contributed by atoms with Gasteiger partial charge in [-0.2, -0.15) is 5.10 Å². The van der Waals surface area contributed by atoms with Crippen LogP contribution >= 0.6 is 0 Å². The summed E-state index contributed by atoms with van der Waals surface area (Å²) in [5.41, 5.74) is 4.61. The quantitative estimate of drug-likeness (QED) is 0.760. The van der Waals surface area contributed by atoms with Crippen molar-refractivity contribution in [3.63, 3.8) is 0 Å². The van der Waals surface area contributed by atoms with Crippen molar-refractivity contribution in [2.24, 2.45) is 0 Å². The molecular weight excluding hydrogens is 288 g/mol. The molecule has 0 spiro atoms. The van der Waals surface area contributed by atoms with Gasteiger partial charge in [0.15, 0.2) is 0 Å². The number of pyridine rings is 1. The van der Waals surface area contributed by atoms with Crippen molar-refractivity contribution in [2.45, 2.75) is 19.8 Å². The Balaban J connectivity index is 1.67. The summed E-state index contributed by atoms with van der Waals surface area (Å²) in [5.74, 6) is -0.141. The van der Waals surface area contributed by atoms with Crippen LogP contribution in [-0.4, -0.2) is 21.1 Å². The van der Waals surface area contributed by atoms with Gasteiger partial charge >= 0.3 is 0 Å². The number of hydrogen-bond acceptors (Lipinski definition) is 3. The van der Waals surface area contributed by atoms with E-state index < -0.39 is 0 Å². The number of hydrogen-bond donors (Lipinski definition) is 2. The zero-order chi connectivity index (χ0) is 16.1. The number of carbonyl (C=O) groups excluding carboxylic acids is 1. The molecule has 0 bridgehead atoms. The third kappa shape index (κ3) is 3.63. The first-order valence-corrected chi connectivity index (χ1v) is 7.57. The van der Waals surface area contributed by atoms with Crippen LogP contribution in [-0.2, 0) is 12.8 Å². The molecule has 23 heavy (non-hydrogen) atoms. The van der Waals surface area contributed by atoms with Crippen molar-refractivity contribution < 1.29 is 4.79 Å². The summed E-state index contributed by atoms with van der Waals surface area (Å²) < 4.78 is 0. The molecule has 5 nitrogen and oxygen atoms in total. The minimum absolute atomic E-state index is 0.141. The lowest BCUT2D eigenvalue weighted by molar-refractivity contribution is 0.102. The number of rotatable bonds is 5. The second kappa shape index (κ2) is 6.87. The Morgan fingerprint density at radius 2 is 1.78 bits per heavy atom. The highest BCUT2D eigenvalue weighted by Crippen LogP contribution is 2.15. The topological polar surface area (TPSA) is 70.7 Å². The highest BCUT2D eigenvalue weighted by Gasteiger charge is 2.12. The summed E-state index contributed by atoms with van der Waals surface area (Å²) in [4.78, 5) is 16.3.